The van der Waals surface area contributed by atoms with E-state index >= 15 is 0 Å². The molecule has 18 heavy (non-hydrogen) atoms. The van der Waals surface area contributed by atoms with Crippen LogP contribution in [0.15, 0.2) is 24.3 Å². The number of nitrogens with two attached hydrogens (primary N) is 1. The Hall–Kier alpha value is -1.35. The SMILES string of the molecule is CC(C)c1ccc(C(=O)NC(C)C(C)CN)cc1. The number of amides is 1. The van der Waals surface area contributed by atoms with Gasteiger partial charge < -0.3 is 11.1 Å². The number of carbonyl (C=O) groups excluding carboxylic acids is 1. The Labute approximate surface area is 110 Å². The molecule has 0 aliphatic heterocycles. The first-order valence-electron chi connectivity index (χ1n) is 6.56. The largest absolute Gasteiger partial charge is 0.349 e. The van der Waals surface area contributed by atoms with Gasteiger partial charge in [0.25, 0.3) is 5.91 Å². The normalized spacial score (nSPS) is 14.3. The highest BCUT2D eigenvalue weighted by atomic mass is 16.1. The van der Waals surface area contributed by atoms with E-state index in [4.69, 9.17) is 5.73 Å². The van der Waals surface area contributed by atoms with Crippen molar-refractivity contribution in [2.75, 3.05) is 6.54 Å². The third kappa shape index (κ3) is 3.84. The third-order valence-corrected chi connectivity index (χ3v) is 3.42. The summed E-state index contributed by atoms with van der Waals surface area (Å²) in [5, 5.41) is 2.98. The lowest BCUT2D eigenvalue weighted by atomic mass is 10.0. The van der Waals surface area contributed by atoms with Gasteiger partial charge in [-0.2, -0.15) is 0 Å². The molecule has 0 aromatic heterocycles. The Morgan fingerprint density at radius 1 is 1.17 bits per heavy atom. The van der Waals surface area contributed by atoms with Gasteiger partial charge in [-0.15, -0.1) is 0 Å². The maximum Gasteiger partial charge on any atom is 0.251 e. The Morgan fingerprint density at radius 3 is 2.17 bits per heavy atom. The second-order valence-corrected chi connectivity index (χ2v) is 5.25. The fourth-order valence-electron chi connectivity index (χ4n) is 1.66. The van der Waals surface area contributed by atoms with Crippen molar-refractivity contribution < 1.29 is 4.79 Å². The summed E-state index contributed by atoms with van der Waals surface area (Å²) < 4.78 is 0. The van der Waals surface area contributed by atoms with Crippen LogP contribution in [0.5, 0.6) is 0 Å². The van der Waals surface area contributed by atoms with Crippen molar-refractivity contribution in [3.63, 3.8) is 0 Å². The van der Waals surface area contributed by atoms with E-state index in [2.05, 4.69) is 19.2 Å². The molecule has 2 unspecified atom stereocenters. The molecule has 0 saturated carbocycles. The maximum atomic E-state index is 12.0. The smallest absolute Gasteiger partial charge is 0.251 e. The van der Waals surface area contributed by atoms with E-state index in [1.807, 2.05) is 38.1 Å². The van der Waals surface area contributed by atoms with Gasteiger partial charge in [0.1, 0.15) is 0 Å². The summed E-state index contributed by atoms with van der Waals surface area (Å²) in [6.07, 6.45) is 0. The number of rotatable bonds is 5. The molecule has 0 aliphatic rings. The van der Waals surface area contributed by atoms with Crippen molar-refractivity contribution in [2.24, 2.45) is 11.7 Å². The molecule has 0 saturated heterocycles. The van der Waals surface area contributed by atoms with Gasteiger partial charge in [0.2, 0.25) is 0 Å². The lowest BCUT2D eigenvalue weighted by molar-refractivity contribution is 0.0929. The number of hydrogen-bond donors (Lipinski definition) is 2. The fraction of sp³-hybridized carbons (Fsp3) is 0.533. The summed E-state index contributed by atoms with van der Waals surface area (Å²) in [7, 11) is 0. The van der Waals surface area contributed by atoms with Gasteiger partial charge >= 0.3 is 0 Å². The van der Waals surface area contributed by atoms with Crippen LogP contribution < -0.4 is 11.1 Å². The molecule has 0 spiro atoms. The van der Waals surface area contributed by atoms with Crippen LogP contribution in [0.3, 0.4) is 0 Å². The van der Waals surface area contributed by atoms with E-state index in [1.165, 1.54) is 5.56 Å². The maximum absolute atomic E-state index is 12.0. The molecule has 3 heteroatoms. The summed E-state index contributed by atoms with van der Waals surface area (Å²) in [5.74, 6) is 0.736. The number of benzene rings is 1. The quantitative estimate of drug-likeness (QED) is 0.841. The molecule has 1 rings (SSSR count). The Bertz CT molecular complexity index is 384. The van der Waals surface area contributed by atoms with E-state index in [-0.39, 0.29) is 17.9 Å². The second-order valence-electron chi connectivity index (χ2n) is 5.25. The van der Waals surface area contributed by atoms with Gasteiger partial charge in [-0.05, 0) is 43.0 Å². The summed E-state index contributed by atoms with van der Waals surface area (Å²) in [6.45, 7) is 8.87. The molecular weight excluding hydrogens is 224 g/mol. The zero-order valence-corrected chi connectivity index (χ0v) is 11.7. The number of carbonyl (C=O) groups is 1. The molecule has 0 radical (unpaired) electrons. The molecule has 100 valence electrons. The van der Waals surface area contributed by atoms with E-state index in [0.29, 0.717) is 18.0 Å². The lowest BCUT2D eigenvalue weighted by Gasteiger charge is -2.19. The van der Waals surface area contributed by atoms with Crippen LogP contribution in [-0.2, 0) is 0 Å². The van der Waals surface area contributed by atoms with E-state index in [0.717, 1.165) is 0 Å². The van der Waals surface area contributed by atoms with Crippen LogP contribution >= 0.6 is 0 Å². The molecule has 2 atom stereocenters. The Kier molecular flexibility index (Phi) is 5.35. The highest BCUT2D eigenvalue weighted by Gasteiger charge is 2.14. The molecule has 1 aromatic rings. The van der Waals surface area contributed by atoms with Crippen molar-refractivity contribution in [1.29, 1.82) is 0 Å². The second kappa shape index (κ2) is 6.55. The summed E-state index contributed by atoms with van der Waals surface area (Å²) in [4.78, 5) is 12.0. The minimum atomic E-state index is -0.0295. The van der Waals surface area contributed by atoms with Crippen LogP contribution in [0.1, 0.15) is 49.5 Å². The predicted molar refractivity (Wildman–Crippen MR) is 75.7 cm³/mol. The highest BCUT2D eigenvalue weighted by molar-refractivity contribution is 5.94. The molecule has 3 N–H and O–H groups in total. The van der Waals surface area contributed by atoms with Crippen molar-refractivity contribution in [1.82, 2.24) is 5.32 Å². The standard InChI is InChI=1S/C15H24N2O/c1-10(2)13-5-7-14(8-6-13)15(18)17-12(4)11(3)9-16/h5-8,10-12H,9,16H2,1-4H3,(H,17,18). The van der Waals surface area contributed by atoms with Crippen LogP contribution in [0.2, 0.25) is 0 Å². The molecule has 0 aliphatic carbocycles. The lowest BCUT2D eigenvalue weighted by Crippen LogP contribution is -2.39. The molecule has 0 bridgehead atoms. The molecule has 1 amide bonds. The zero-order chi connectivity index (χ0) is 13.7. The van der Waals surface area contributed by atoms with Crippen molar-refractivity contribution in [3.05, 3.63) is 35.4 Å². The third-order valence-electron chi connectivity index (χ3n) is 3.42. The average Bonchev–Trinajstić information content (AvgIpc) is 2.37. The monoisotopic (exact) mass is 248 g/mol. The zero-order valence-electron chi connectivity index (χ0n) is 11.7. The van der Waals surface area contributed by atoms with Gasteiger partial charge in [-0.3, -0.25) is 4.79 Å². The van der Waals surface area contributed by atoms with Gasteiger partial charge in [0, 0.05) is 11.6 Å². The van der Waals surface area contributed by atoms with Crippen LogP contribution in [0.4, 0.5) is 0 Å². The van der Waals surface area contributed by atoms with Crippen LogP contribution in [-0.4, -0.2) is 18.5 Å². The molecular formula is C15H24N2O. The minimum absolute atomic E-state index is 0.0295. The molecule has 0 fully saturated rings. The summed E-state index contributed by atoms with van der Waals surface area (Å²) in [6, 6.07) is 7.87. The minimum Gasteiger partial charge on any atom is -0.349 e. The predicted octanol–water partition coefficient (Wildman–Crippen LogP) is 2.52. The average molecular weight is 248 g/mol. The van der Waals surface area contributed by atoms with Crippen molar-refractivity contribution >= 4 is 5.91 Å². The summed E-state index contributed by atoms with van der Waals surface area (Å²) >= 11 is 0. The highest BCUT2D eigenvalue weighted by Crippen LogP contribution is 2.14. The molecule has 0 heterocycles. The van der Waals surface area contributed by atoms with Gasteiger partial charge in [-0.25, -0.2) is 0 Å². The van der Waals surface area contributed by atoms with Gasteiger partial charge in [0.15, 0.2) is 0 Å². The fourth-order valence-corrected chi connectivity index (χ4v) is 1.66. The van der Waals surface area contributed by atoms with Crippen LogP contribution in [0, 0.1) is 5.92 Å². The Morgan fingerprint density at radius 2 is 1.72 bits per heavy atom. The molecule has 3 nitrogen and oxygen atoms in total. The van der Waals surface area contributed by atoms with Gasteiger partial charge in [0.05, 0.1) is 0 Å². The summed E-state index contributed by atoms with van der Waals surface area (Å²) in [5.41, 5.74) is 7.54. The first kappa shape index (κ1) is 14.7. The van der Waals surface area contributed by atoms with E-state index < -0.39 is 0 Å². The van der Waals surface area contributed by atoms with Gasteiger partial charge in [-0.1, -0.05) is 32.9 Å². The topological polar surface area (TPSA) is 55.1 Å². The van der Waals surface area contributed by atoms with Crippen molar-refractivity contribution in [2.45, 2.75) is 39.7 Å². The number of nitrogens with one attached hydrogen (secondary N) is 1. The first-order chi connectivity index (χ1) is 8.45. The van der Waals surface area contributed by atoms with E-state index in [1.54, 1.807) is 0 Å². The van der Waals surface area contributed by atoms with E-state index in [9.17, 15) is 4.79 Å². The first-order valence-corrected chi connectivity index (χ1v) is 6.56. The number of hydrogen-bond acceptors (Lipinski definition) is 2. The van der Waals surface area contributed by atoms with Crippen LogP contribution in [0.25, 0.3) is 0 Å². The molecule has 1 aromatic carbocycles. The van der Waals surface area contributed by atoms with Crippen molar-refractivity contribution in [3.8, 4) is 0 Å². The Balaban J connectivity index is 2.67.